The van der Waals surface area contributed by atoms with Gasteiger partial charge in [0.1, 0.15) is 0 Å². The number of nitrogens with two attached hydrogens (primary N) is 1. The molecule has 110 valence electrons. The Morgan fingerprint density at radius 1 is 1.10 bits per heavy atom. The summed E-state index contributed by atoms with van der Waals surface area (Å²) in [4.78, 5) is 4.72. The van der Waals surface area contributed by atoms with Gasteiger partial charge in [0.05, 0.1) is 18.1 Å². The monoisotopic (exact) mass is 277 g/mol. The molecule has 3 heterocycles. The summed E-state index contributed by atoms with van der Waals surface area (Å²) in [6.45, 7) is 0.722. The normalized spacial score (nSPS) is 40.4. The van der Waals surface area contributed by atoms with Gasteiger partial charge in [0, 0.05) is 5.92 Å². The fourth-order valence-corrected chi connectivity index (χ4v) is 4.27. The van der Waals surface area contributed by atoms with E-state index in [1.807, 2.05) is 0 Å². The molecule has 1 saturated carbocycles. The molecule has 1 aliphatic carbocycles. The Kier molecular flexibility index (Phi) is 3.27. The Balaban J connectivity index is 1.52. The van der Waals surface area contributed by atoms with Gasteiger partial charge in [0.2, 0.25) is 5.89 Å². The third-order valence-electron chi connectivity index (χ3n) is 5.42. The second-order valence-corrected chi connectivity index (χ2v) is 6.59. The highest BCUT2D eigenvalue weighted by molar-refractivity contribution is 5.08. The minimum absolute atomic E-state index is 0.321. The lowest BCUT2D eigenvalue weighted by molar-refractivity contribution is 0.0996. The predicted octanol–water partition coefficient (Wildman–Crippen LogP) is 2.34. The molecule has 2 bridgehead atoms. The summed E-state index contributed by atoms with van der Waals surface area (Å²) in [7, 11) is 0. The van der Waals surface area contributed by atoms with Gasteiger partial charge < -0.3 is 15.0 Å². The van der Waals surface area contributed by atoms with Gasteiger partial charge in [0.25, 0.3) is 0 Å². The molecule has 0 amide bonds. The second kappa shape index (κ2) is 5.11. The first-order valence-corrected chi connectivity index (χ1v) is 8.04. The van der Waals surface area contributed by atoms with Crippen molar-refractivity contribution in [2.24, 2.45) is 11.7 Å². The van der Waals surface area contributed by atoms with E-state index in [1.54, 1.807) is 0 Å². The minimum atomic E-state index is 0.321. The van der Waals surface area contributed by atoms with Crippen molar-refractivity contribution in [2.75, 3.05) is 6.54 Å². The highest BCUT2D eigenvalue weighted by atomic mass is 16.5. The zero-order chi connectivity index (χ0) is 13.5. The molecule has 4 rings (SSSR count). The van der Waals surface area contributed by atoms with E-state index < -0.39 is 0 Å². The van der Waals surface area contributed by atoms with E-state index in [9.17, 15) is 0 Å². The van der Waals surface area contributed by atoms with Crippen molar-refractivity contribution < 1.29 is 9.26 Å². The maximum Gasteiger partial charge on any atom is 0.230 e. The van der Waals surface area contributed by atoms with Crippen LogP contribution in [0.25, 0.3) is 0 Å². The van der Waals surface area contributed by atoms with E-state index in [2.05, 4.69) is 5.16 Å². The molecule has 2 aliphatic heterocycles. The van der Waals surface area contributed by atoms with Crippen molar-refractivity contribution in [3.05, 3.63) is 11.7 Å². The molecule has 1 aromatic heterocycles. The molecule has 5 unspecified atom stereocenters. The number of hydrogen-bond acceptors (Lipinski definition) is 5. The largest absolute Gasteiger partial charge is 0.374 e. The molecular weight excluding hydrogens is 254 g/mol. The SMILES string of the molecule is NCC1CCCCC1c1nc(C2CC3CCC2O3)no1. The molecule has 5 heteroatoms. The van der Waals surface area contributed by atoms with Gasteiger partial charge in [-0.05, 0) is 44.6 Å². The number of hydrogen-bond donors (Lipinski definition) is 1. The average molecular weight is 277 g/mol. The maximum atomic E-state index is 5.90. The lowest BCUT2D eigenvalue weighted by atomic mass is 9.79. The van der Waals surface area contributed by atoms with E-state index >= 15 is 0 Å². The van der Waals surface area contributed by atoms with Crippen LogP contribution in [0.15, 0.2) is 4.52 Å². The van der Waals surface area contributed by atoms with Crippen LogP contribution in [-0.2, 0) is 4.74 Å². The van der Waals surface area contributed by atoms with E-state index in [1.165, 1.54) is 25.7 Å². The molecule has 20 heavy (non-hydrogen) atoms. The van der Waals surface area contributed by atoms with Crippen LogP contribution in [0.5, 0.6) is 0 Å². The van der Waals surface area contributed by atoms with E-state index in [0.29, 0.717) is 30.0 Å². The Hall–Kier alpha value is -0.940. The highest BCUT2D eigenvalue weighted by Crippen LogP contribution is 2.44. The Morgan fingerprint density at radius 2 is 2.00 bits per heavy atom. The van der Waals surface area contributed by atoms with Crippen molar-refractivity contribution >= 4 is 0 Å². The molecule has 0 spiro atoms. The summed E-state index contributed by atoms with van der Waals surface area (Å²) < 4.78 is 11.5. The van der Waals surface area contributed by atoms with Gasteiger partial charge >= 0.3 is 0 Å². The summed E-state index contributed by atoms with van der Waals surface area (Å²) >= 11 is 0. The summed E-state index contributed by atoms with van der Waals surface area (Å²) in [6, 6.07) is 0. The smallest absolute Gasteiger partial charge is 0.230 e. The van der Waals surface area contributed by atoms with Gasteiger partial charge in [-0.1, -0.05) is 18.0 Å². The molecule has 2 N–H and O–H groups in total. The first kappa shape index (κ1) is 12.8. The molecular formula is C15H23N3O2. The van der Waals surface area contributed by atoms with Crippen LogP contribution >= 0.6 is 0 Å². The van der Waals surface area contributed by atoms with Gasteiger partial charge in [-0.25, -0.2) is 0 Å². The minimum Gasteiger partial charge on any atom is -0.374 e. The predicted molar refractivity (Wildman–Crippen MR) is 73.3 cm³/mol. The molecule has 0 aromatic carbocycles. The molecule has 0 radical (unpaired) electrons. The van der Waals surface area contributed by atoms with Crippen LogP contribution in [0.4, 0.5) is 0 Å². The Morgan fingerprint density at radius 3 is 2.75 bits per heavy atom. The number of ether oxygens (including phenoxy) is 1. The van der Waals surface area contributed by atoms with Crippen LogP contribution in [0.3, 0.4) is 0 Å². The fourth-order valence-electron chi connectivity index (χ4n) is 4.27. The first-order valence-electron chi connectivity index (χ1n) is 8.04. The van der Waals surface area contributed by atoms with Crippen molar-refractivity contribution in [1.29, 1.82) is 0 Å². The van der Waals surface area contributed by atoms with Crippen LogP contribution in [0, 0.1) is 5.92 Å². The number of rotatable bonds is 3. The third kappa shape index (κ3) is 2.07. The first-order chi connectivity index (χ1) is 9.85. The van der Waals surface area contributed by atoms with E-state index in [4.69, 9.17) is 20.0 Å². The summed E-state index contributed by atoms with van der Waals surface area (Å²) in [5.74, 6) is 2.92. The van der Waals surface area contributed by atoms with Gasteiger partial charge in [-0.15, -0.1) is 0 Å². The maximum absolute atomic E-state index is 5.90. The number of fused-ring (bicyclic) bond motifs is 2. The summed E-state index contributed by atoms with van der Waals surface area (Å²) in [5, 5.41) is 4.25. The molecule has 3 aliphatic rings. The topological polar surface area (TPSA) is 74.2 Å². The van der Waals surface area contributed by atoms with Gasteiger partial charge in [-0.2, -0.15) is 4.98 Å². The molecule has 5 nitrogen and oxygen atoms in total. The van der Waals surface area contributed by atoms with E-state index in [0.717, 1.165) is 37.5 Å². The van der Waals surface area contributed by atoms with Crippen LogP contribution < -0.4 is 5.73 Å². The second-order valence-electron chi connectivity index (χ2n) is 6.59. The molecule has 1 aromatic rings. The summed E-state index contributed by atoms with van der Waals surface area (Å²) in [6.07, 6.45) is 9.01. The summed E-state index contributed by atoms with van der Waals surface area (Å²) in [5.41, 5.74) is 5.90. The Labute approximate surface area is 119 Å². The number of nitrogens with zero attached hydrogens (tertiary/aromatic N) is 2. The molecule has 5 atom stereocenters. The van der Waals surface area contributed by atoms with Crippen LogP contribution in [-0.4, -0.2) is 28.9 Å². The number of aromatic nitrogens is 2. The lowest BCUT2D eigenvalue weighted by Gasteiger charge is -2.27. The van der Waals surface area contributed by atoms with E-state index in [-0.39, 0.29) is 0 Å². The molecule has 2 saturated heterocycles. The fraction of sp³-hybridized carbons (Fsp3) is 0.867. The Bertz CT molecular complexity index is 475. The van der Waals surface area contributed by atoms with Crippen molar-refractivity contribution in [3.63, 3.8) is 0 Å². The molecule has 3 fully saturated rings. The van der Waals surface area contributed by atoms with Crippen LogP contribution in [0.1, 0.15) is 68.5 Å². The lowest BCUT2D eigenvalue weighted by Crippen LogP contribution is -2.25. The third-order valence-corrected chi connectivity index (χ3v) is 5.42. The van der Waals surface area contributed by atoms with Crippen molar-refractivity contribution in [2.45, 2.75) is 69.0 Å². The zero-order valence-corrected chi connectivity index (χ0v) is 11.8. The standard InChI is InChI=1S/C15H23N3O2/c16-8-9-3-1-2-4-11(9)15-17-14(18-20-15)12-7-10-5-6-13(12)19-10/h9-13H,1-8,16H2. The quantitative estimate of drug-likeness (QED) is 0.918. The van der Waals surface area contributed by atoms with Crippen molar-refractivity contribution in [1.82, 2.24) is 10.1 Å². The van der Waals surface area contributed by atoms with Crippen molar-refractivity contribution in [3.8, 4) is 0 Å². The highest BCUT2D eigenvalue weighted by Gasteiger charge is 2.44. The average Bonchev–Trinajstić information content (AvgIpc) is 3.22. The van der Waals surface area contributed by atoms with Gasteiger partial charge in [-0.3, -0.25) is 0 Å². The van der Waals surface area contributed by atoms with Gasteiger partial charge in [0.15, 0.2) is 5.82 Å². The van der Waals surface area contributed by atoms with Crippen LogP contribution in [0.2, 0.25) is 0 Å². The zero-order valence-electron chi connectivity index (χ0n) is 11.8.